The van der Waals surface area contributed by atoms with E-state index in [4.69, 9.17) is 9.47 Å². The van der Waals surface area contributed by atoms with E-state index in [0.717, 1.165) is 38.9 Å². The van der Waals surface area contributed by atoms with Gasteiger partial charge in [-0.25, -0.2) is 0 Å². The van der Waals surface area contributed by atoms with E-state index in [1.54, 1.807) is 0 Å². The average Bonchev–Trinajstić information content (AvgIpc) is 2.54. The zero-order valence-corrected chi connectivity index (χ0v) is 14.7. The van der Waals surface area contributed by atoms with Crippen LogP contribution >= 0.6 is 0 Å². The molecule has 0 saturated carbocycles. The molecule has 3 nitrogen and oxygen atoms in total. The number of rotatable bonds is 14. The van der Waals surface area contributed by atoms with E-state index >= 15 is 0 Å². The molecule has 2 atom stereocenters. The standard InChI is InChI=1S/C19H38O3/c1-2-13-18(20)14-9-7-5-3-4-6-8-11-16-21-19-15-10-12-17-22-19/h18-20H,2-17H2,1H3. The van der Waals surface area contributed by atoms with E-state index in [1.165, 1.54) is 64.2 Å². The van der Waals surface area contributed by atoms with Gasteiger partial charge in [-0.15, -0.1) is 0 Å². The van der Waals surface area contributed by atoms with Gasteiger partial charge in [0, 0.05) is 13.2 Å². The van der Waals surface area contributed by atoms with Gasteiger partial charge in [0.15, 0.2) is 6.29 Å². The second-order valence-electron chi connectivity index (χ2n) is 6.73. The lowest BCUT2D eigenvalue weighted by molar-refractivity contribution is -0.162. The molecule has 1 aliphatic heterocycles. The molecule has 0 aliphatic carbocycles. The minimum Gasteiger partial charge on any atom is -0.393 e. The maximum Gasteiger partial charge on any atom is 0.157 e. The van der Waals surface area contributed by atoms with Gasteiger partial charge in [0.05, 0.1) is 6.10 Å². The second kappa shape index (κ2) is 14.5. The first-order chi connectivity index (χ1) is 10.8. The van der Waals surface area contributed by atoms with Crippen LogP contribution in [0.5, 0.6) is 0 Å². The highest BCUT2D eigenvalue weighted by Crippen LogP contribution is 2.15. The van der Waals surface area contributed by atoms with Gasteiger partial charge in [-0.2, -0.15) is 0 Å². The van der Waals surface area contributed by atoms with Gasteiger partial charge in [0.2, 0.25) is 0 Å². The van der Waals surface area contributed by atoms with Gasteiger partial charge < -0.3 is 14.6 Å². The molecule has 0 aromatic heterocycles. The molecule has 0 amide bonds. The molecule has 1 heterocycles. The molecule has 0 aromatic carbocycles. The Labute approximate surface area is 137 Å². The SMILES string of the molecule is CCCC(O)CCCCCCCCCCOC1CCCCO1. The Kier molecular flexibility index (Phi) is 13.1. The molecule has 0 spiro atoms. The summed E-state index contributed by atoms with van der Waals surface area (Å²) < 4.78 is 11.3. The number of unbranched alkanes of at least 4 members (excludes halogenated alkanes) is 7. The Balaban J connectivity index is 1.72. The van der Waals surface area contributed by atoms with Crippen molar-refractivity contribution in [3.63, 3.8) is 0 Å². The lowest BCUT2D eigenvalue weighted by Gasteiger charge is -2.22. The molecule has 1 saturated heterocycles. The number of ether oxygens (including phenoxy) is 2. The number of aliphatic hydroxyl groups is 1. The summed E-state index contributed by atoms with van der Waals surface area (Å²) in [5, 5.41) is 9.65. The first-order valence-electron chi connectivity index (χ1n) is 9.74. The van der Waals surface area contributed by atoms with Crippen LogP contribution in [0, 0.1) is 0 Å². The maximum atomic E-state index is 9.65. The number of aliphatic hydroxyl groups excluding tert-OH is 1. The predicted molar refractivity (Wildman–Crippen MR) is 92.0 cm³/mol. The van der Waals surface area contributed by atoms with Crippen molar-refractivity contribution in [2.75, 3.05) is 13.2 Å². The summed E-state index contributed by atoms with van der Waals surface area (Å²) in [6.45, 7) is 3.87. The van der Waals surface area contributed by atoms with Gasteiger partial charge in [-0.1, -0.05) is 58.3 Å². The predicted octanol–water partition coefficient (Wildman–Crippen LogP) is 5.20. The van der Waals surface area contributed by atoms with Gasteiger partial charge in [0.1, 0.15) is 0 Å². The van der Waals surface area contributed by atoms with Gasteiger partial charge in [-0.05, 0) is 38.5 Å². The largest absolute Gasteiger partial charge is 0.393 e. The summed E-state index contributed by atoms with van der Waals surface area (Å²) in [4.78, 5) is 0. The van der Waals surface area contributed by atoms with Gasteiger partial charge >= 0.3 is 0 Å². The molecule has 3 heteroatoms. The van der Waals surface area contributed by atoms with Crippen molar-refractivity contribution in [2.45, 2.75) is 109 Å². The molecule has 132 valence electrons. The molecule has 1 rings (SSSR count). The van der Waals surface area contributed by atoms with E-state index in [-0.39, 0.29) is 12.4 Å². The van der Waals surface area contributed by atoms with Crippen LogP contribution in [0.3, 0.4) is 0 Å². The normalized spacial score (nSPS) is 20.2. The first-order valence-corrected chi connectivity index (χ1v) is 9.74. The third kappa shape index (κ3) is 11.4. The Hall–Kier alpha value is -0.120. The van der Waals surface area contributed by atoms with Crippen LogP contribution in [-0.2, 0) is 9.47 Å². The lowest BCUT2D eigenvalue weighted by atomic mass is 10.0. The number of hydrogen-bond acceptors (Lipinski definition) is 3. The van der Waals surface area contributed by atoms with Crippen molar-refractivity contribution >= 4 is 0 Å². The van der Waals surface area contributed by atoms with Crippen molar-refractivity contribution in [3.8, 4) is 0 Å². The quantitative estimate of drug-likeness (QED) is 0.448. The first kappa shape index (κ1) is 19.9. The van der Waals surface area contributed by atoms with E-state index in [1.807, 2.05) is 0 Å². The van der Waals surface area contributed by atoms with Crippen LogP contribution < -0.4 is 0 Å². The van der Waals surface area contributed by atoms with Crippen LogP contribution in [0.1, 0.15) is 96.8 Å². The monoisotopic (exact) mass is 314 g/mol. The molecule has 1 aliphatic rings. The number of hydrogen-bond donors (Lipinski definition) is 1. The topological polar surface area (TPSA) is 38.7 Å². The van der Waals surface area contributed by atoms with Crippen molar-refractivity contribution in [1.82, 2.24) is 0 Å². The molecule has 0 aromatic rings. The Morgan fingerprint density at radius 3 is 2.27 bits per heavy atom. The molecule has 2 unspecified atom stereocenters. The summed E-state index contributed by atoms with van der Waals surface area (Å²) in [7, 11) is 0. The van der Waals surface area contributed by atoms with Crippen LogP contribution in [0.2, 0.25) is 0 Å². The van der Waals surface area contributed by atoms with E-state index in [9.17, 15) is 5.11 Å². The van der Waals surface area contributed by atoms with Gasteiger partial charge in [-0.3, -0.25) is 0 Å². The third-order valence-corrected chi connectivity index (χ3v) is 4.50. The zero-order chi connectivity index (χ0) is 15.9. The van der Waals surface area contributed by atoms with Gasteiger partial charge in [0.25, 0.3) is 0 Å². The van der Waals surface area contributed by atoms with Crippen molar-refractivity contribution in [3.05, 3.63) is 0 Å². The molecular weight excluding hydrogens is 276 g/mol. The molecule has 1 fully saturated rings. The summed E-state index contributed by atoms with van der Waals surface area (Å²) >= 11 is 0. The zero-order valence-electron chi connectivity index (χ0n) is 14.7. The van der Waals surface area contributed by atoms with E-state index in [0.29, 0.717) is 0 Å². The van der Waals surface area contributed by atoms with Crippen LogP contribution in [-0.4, -0.2) is 30.7 Å². The fraction of sp³-hybridized carbons (Fsp3) is 1.00. The molecule has 22 heavy (non-hydrogen) atoms. The minimum absolute atomic E-state index is 0.0573. The fourth-order valence-electron chi connectivity index (χ4n) is 3.08. The third-order valence-electron chi connectivity index (χ3n) is 4.50. The lowest BCUT2D eigenvalue weighted by Crippen LogP contribution is -2.22. The minimum atomic E-state index is -0.0573. The Morgan fingerprint density at radius 2 is 1.64 bits per heavy atom. The van der Waals surface area contributed by atoms with Crippen molar-refractivity contribution in [1.29, 1.82) is 0 Å². The van der Waals surface area contributed by atoms with Crippen molar-refractivity contribution < 1.29 is 14.6 Å². The second-order valence-corrected chi connectivity index (χ2v) is 6.73. The highest BCUT2D eigenvalue weighted by atomic mass is 16.7. The smallest absolute Gasteiger partial charge is 0.157 e. The Morgan fingerprint density at radius 1 is 0.955 bits per heavy atom. The molecule has 0 bridgehead atoms. The van der Waals surface area contributed by atoms with E-state index in [2.05, 4.69) is 6.92 Å². The highest BCUT2D eigenvalue weighted by molar-refractivity contribution is 4.56. The van der Waals surface area contributed by atoms with Crippen LogP contribution in [0.15, 0.2) is 0 Å². The summed E-state index contributed by atoms with van der Waals surface area (Å²) in [6.07, 6.45) is 16.9. The Bertz CT molecular complexity index is 227. The van der Waals surface area contributed by atoms with Crippen LogP contribution in [0.4, 0.5) is 0 Å². The van der Waals surface area contributed by atoms with Crippen molar-refractivity contribution in [2.24, 2.45) is 0 Å². The maximum absolute atomic E-state index is 9.65. The molecular formula is C19H38O3. The highest BCUT2D eigenvalue weighted by Gasteiger charge is 2.13. The summed E-state index contributed by atoms with van der Waals surface area (Å²) in [6, 6.07) is 0. The molecule has 1 N–H and O–H groups in total. The molecule has 0 radical (unpaired) electrons. The van der Waals surface area contributed by atoms with Crippen LogP contribution in [0.25, 0.3) is 0 Å². The summed E-state index contributed by atoms with van der Waals surface area (Å²) in [5.74, 6) is 0. The average molecular weight is 315 g/mol. The summed E-state index contributed by atoms with van der Waals surface area (Å²) in [5.41, 5.74) is 0. The van der Waals surface area contributed by atoms with E-state index < -0.39 is 0 Å². The fourth-order valence-corrected chi connectivity index (χ4v) is 3.08.